The van der Waals surface area contributed by atoms with Gasteiger partial charge in [0, 0.05) is 10.6 Å². The normalized spacial score (nSPS) is 13.4. The smallest absolute Gasteiger partial charge is 0.248 e. The third-order valence-corrected chi connectivity index (χ3v) is 4.02. The molecule has 2 aromatic heterocycles. The van der Waals surface area contributed by atoms with Crippen molar-refractivity contribution >= 4 is 17.5 Å². The Labute approximate surface area is 154 Å². The van der Waals surface area contributed by atoms with Crippen molar-refractivity contribution in [3.05, 3.63) is 41.0 Å². The Kier molecular flexibility index (Phi) is 5.27. The van der Waals surface area contributed by atoms with Gasteiger partial charge < -0.3 is 9.84 Å². The van der Waals surface area contributed by atoms with E-state index in [9.17, 15) is 4.79 Å². The van der Waals surface area contributed by atoms with E-state index >= 15 is 0 Å². The molecule has 3 rings (SSSR count). The maximum Gasteiger partial charge on any atom is 0.248 e. The summed E-state index contributed by atoms with van der Waals surface area (Å²) in [5.41, 5.74) is 0.769. The van der Waals surface area contributed by atoms with Crippen LogP contribution >= 0.6 is 11.6 Å². The summed E-state index contributed by atoms with van der Waals surface area (Å²) in [5, 5.41) is 19.6. The van der Waals surface area contributed by atoms with E-state index < -0.39 is 12.1 Å². The number of benzene rings is 1. The molecule has 0 fully saturated rings. The fourth-order valence-electron chi connectivity index (χ4n) is 2.39. The lowest BCUT2D eigenvalue weighted by atomic mass is 10.2. The molecular formula is C16H18ClN7O2. The van der Waals surface area contributed by atoms with Crippen molar-refractivity contribution in [2.45, 2.75) is 39.3 Å². The van der Waals surface area contributed by atoms with Gasteiger partial charge in [-0.2, -0.15) is 9.78 Å². The van der Waals surface area contributed by atoms with Gasteiger partial charge in [-0.1, -0.05) is 23.7 Å². The number of hydrogen-bond acceptors (Lipinski definition) is 7. The number of rotatable bonds is 6. The first-order valence-electron chi connectivity index (χ1n) is 8.14. The molecule has 136 valence electrons. The van der Waals surface area contributed by atoms with Gasteiger partial charge in [-0.15, -0.1) is 10.2 Å². The van der Waals surface area contributed by atoms with E-state index in [1.165, 1.54) is 4.80 Å². The predicted octanol–water partition coefficient (Wildman–Crippen LogP) is 2.51. The third kappa shape index (κ3) is 3.88. The molecule has 2 unspecified atom stereocenters. The summed E-state index contributed by atoms with van der Waals surface area (Å²) < 4.78 is 5.08. The van der Waals surface area contributed by atoms with Crippen molar-refractivity contribution in [3.8, 4) is 11.4 Å². The van der Waals surface area contributed by atoms with Crippen LogP contribution in [0.25, 0.3) is 11.4 Å². The summed E-state index contributed by atoms with van der Waals surface area (Å²) in [6.45, 7) is 5.36. The van der Waals surface area contributed by atoms with E-state index in [1.807, 2.05) is 6.92 Å². The van der Waals surface area contributed by atoms with Crippen LogP contribution in [-0.4, -0.2) is 36.3 Å². The molecule has 1 amide bonds. The highest BCUT2D eigenvalue weighted by Gasteiger charge is 2.25. The predicted molar refractivity (Wildman–Crippen MR) is 93.2 cm³/mol. The molecule has 1 aromatic carbocycles. The van der Waals surface area contributed by atoms with Gasteiger partial charge >= 0.3 is 0 Å². The third-order valence-electron chi connectivity index (χ3n) is 3.77. The molecule has 3 aromatic rings. The van der Waals surface area contributed by atoms with Gasteiger partial charge in [0.05, 0.1) is 0 Å². The summed E-state index contributed by atoms with van der Waals surface area (Å²) in [4.78, 5) is 18.0. The van der Waals surface area contributed by atoms with Crippen LogP contribution in [-0.2, 0) is 4.79 Å². The van der Waals surface area contributed by atoms with Crippen molar-refractivity contribution in [2.24, 2.45) is 0 Å². The first-order chi connectivity index (χ1) is 12.5. The van der Waals surface area contributed by atoms with Gasteiger partial charge in [0.1, 0.15) is 6.04 Å². The highest BCUT2D eigenvalue weighted by molar-refractivity contribution is 6.30. The minimum Gasteiger partial charge on any atom is -0.343 e. The van der Waals surface area contributed by atoms with Crippen LogP contribution in [0.5, 0.6) is 0 Å². The maximum absolute atomic E-state index is 12.6. The van der Waals surface area contributed by atoms with Crippen LogP contribution in [0, 0.1) is 6.92 Å². The zero-order chi connectivity index (χ0) is 18.7. The second-order valence-electron chi connectivity index (χ2n) is 5.77. The van der Waals surface area contributed by atoms with E-state index in [4.69, 9.17) is 16.1 Å². The molecule has 2 atom stereocenters. The van der Waals surface area contributed by atoms with Gasteiger partial charge in [-0.05, 0) is 49.7 Å². The number of nitrogens with one attached hydrogen (secondary N) is 1. The fraction of sp³-hybridized carbons (Fsp3) is 0.375. The minimum absolute atomic E-state index is 0.254. The molecule has 9 nitrogen and oxygen atoms in total. The van der Waals surface area contributed by atoms with Crippen LogP contribution in [0.1, 0.15) is 44.1 Å². The second-order valence-corrected chi connectivity index (χ2v) is 6.21. The highest BCUT2D eigenvalue weighted by atomic mass is 35.5. The monoisotopic (exact) mass is 375 g/mol. The highest BCUT2D eigenvalue weighted by Crippen LogP contribution is 2.19. The summed E-state index contributed by atoms with van der Waals surface area (Å²) in [7, 11) is 0. The molecule has 0 saturated carbocycles. The standard InChI is InChI=1S/C16H18ClN7O2/c1-4-13(15(25)18-9(2)16-19-10(3)22-26-16)24-21-14(20-23-24)11-5-7-12(17)8-6-11/h5-9,13H,4H2,1-3H3,(H,18,25). The number of hydrogen-bond donors (Lipinski definition) is 1. The van der Waals surface area contributed by atoms with E-state index in [2.05, 4.69) is 30.9 Å². The zero-order valence-electron chi connectivity index (χ0n) is 14.5. The Balaban J connectivity index is 1.74. The lowest BCUT2D eigenvalue weighted by molar-refractivity contribution is -0.125. The quantitative estimate of drug-likeness (QED) is 0.704. The largest absolute Gasteiger partial charge is 0.343 e. The number of halogens is 1. The molecule has 0 bridgehead atoms. The van der Waals surface area contributed by atoms with Gasteiger partial charge in [0.2, 0.25) is 17.6 Å². The SMILES string of the molecule is CCC(C(=O)NC(C)c1nc(C)no1)n1nnc(-c2ccc(Cl)cc2)n1. The summed E-state index contributed by atoms with van der Waals surface area (Å²) in [6.07, 6.45) is 0.498. The molecule has 0 saturated heterocycles. The first kappa shape index (κ1) is 18.0. The molecule has 0 radical (unpaired) electrons. The molecule has 1 N–H and O–H groups in total. The molecule has 0 aliphatic heterocycles. The number of carbonyl (C=O) groups is 1. The summed E-state index contributed by atoms with van der Waals surface area (Å²) >= 11 is 5.89. The van der Waals surface area contributed by atoms with Gasteiger partial charge in [-0.3, -0.25) is 4.79 Å². The Hall–Kier alpha value is -2.81. The maximum atomic E-state index is 12.6. The van der Waals surface area contributed by atoms with Crippen LogP contribution in [0.15, 0.2) is 28.8 Å². The van der Waals surface area contributed by atoms with Crippen molar-refractivity contribution in [1.29, 1.82) is 0 Å². The average Bonchev–Trinajstić information content (AvgIpc) is 3.26. The molecule has 10 heteroatoms. The molecule has 26 heavy (non-hydrogen) atoms. The molecule has 0 aliphatic carbocycles. The number of amides is 1. The minimum atomic E-state index is -0.602. The van der Waals surface area contributed by atoms with Crippen LogP contribution < -0.4 is 5.32 Å². The van der Waals surface area contributed by atoms with Crippen LogP contribution in [0.2, 0.25) is 5.02 Å². The van der Waals surface area contributed by atoms with Crippen molar-refractivity contribution in [2.75, 3.05) is 0 Å². The number of nitrogens with zero attached hydrogens (tertiary/aromatic N) is 6. The lowest BCUT2D eigenvalue weighted by Crippen LogP contribution is -2.35. The van der Waals surface area contributed by atoms with E-state index in [-0.39, 0.29) is 5.91 Å². The zero-order valence-corrected chi connectivity index (χ0v) is 15.3. The van der Waals surface area contributed by atoms with Gasteiger partial charge in [0.25, 0.3) is 0 Å². The fourth-order valence-corrected chi connectivity index (χ4v) is 2.51. The Morgan fingerprint density at radius 2 is 2.08 bits per heavy atom. The van der Waals surface area contributed by atoms with Crippen molar-refractivity contribution < 1.29 is 9.32 Å². The van der Waals surface area contributed by atoms with E-state index in [0.29, 0.717) is 29.0 Å². The lowest BCUT2D eigenvalue weighted by Gasteiger charge is -2.16. The van der Waals surface area contributed by atoms with Crippen LogP contribution in [0.3, 0.4) is 0 Å². The van der Waals surface area contributed by atoms with Gasteiger partial charge in [-0.25, -0.2) is 0 Å². The molecule has 0 spiro atoms. The number of aryl methyl sites for hydroxylation is 1. The number of carbonyl (C=O) groups excluding carboxylic acids is 1. The molecule has 0 aliphatic rings. The second kappa shape index (κ2) is 7.61. The van der Waals surface area contributed by atoms with Crippen molar-refractivity contribution in [3.63, 3.8) is 0 Å². The Morgan fingerprint density at radius 1 is 1.35 bits per heavy atom. The molecular weight excluding hydrogens is 358 g/mol. The Morgan fingerprint density at radius 3 is 2.69 bits per heavy atom. The molecule has 2 heterocycles. The Bertz CT molecular complexity index is 890. The first-order valence-corrected chi connectivity index (χ1v) is 8.51. The van der Waals surface area contributed by atoms with E-state index in [0.717, 1.165) is 5.56 Å². The van der Waals surface area contributed by atoms with Crippen LogP contribution in [0.4, 0.5) is 0 Å². The number of aromatic nitrogens is 6. The topological polar surface area (TPSA) is 112 Å². The summed E-state index contributed by atoms with van der Waals surface area (Å²) in [6, 6.07) is 6.06. The summed E-state index contributed by atoms with van der Waals surface area (Å²) in [5.74, 6) is 1.03. The van der Waals surface area contributed by atoms with E-state index in [1.54, 1.807) is 38.1 Å². The van der Waals surface area contributed by atoms with Crippen molar-refractivity contribution in [1.82, 2.24) is 35.7 Å². The van der Waals surface area contributed by atoms with Gasteiger partial charge in [0.15, 0.2) is 11.9 Å². The average molecular weight is 376 g/mol. The number of tetrazole rings is 1.